The quantitative estimate of drug-likeness (QED) is 0.765. The van der Waals surface area contributed by atoms with Crippen molar-refractivity contribution in [1.29, 1.82) is 0 Å². The minimum absolute atomic E-state index is 0.371. The van der Waals surface area contributed by atoms with Crippen LogP contribution < -0.4 is 0 Å². The van der Waals surface area contributed by atoms with Gasteiger partial charge in [-0.2, -0.15) is 0 Å². The van der Waals surface area contributed by atoms with Crippen molar-refractivity contribution in [3.05, 3.63) is 35.9 Å². The van der Waals surface area contributed by atoms with Gasteiger partial charge < -0.3 is 10.0 Å². The Labute approximate surface area is 89.3 Å². The first-order valence-corrected chi connectivity index (χ1v) is 5.30. The van der Waals surface area contributed by atoms with Crippen molar-refractivity contribution in [2.75, 3.05) is 13.1 Å². The van der Waals surface area contributed by atoms with Gasteiger partial charge in [-0.25, -0.2) is 4.79 Å². The van der Waals surface area contributed by atoms with E-state index in [2.05, 4.69) is 12.1 Å². The third kappa shape index (κ3) is 2.29. The highest BCUT2D eigenvalue weighted by molar-refractivity contribution is 5.65. The van der Waals surface area contributed by atoms with E-state index < -0.39 is 6.09 Å². The molecule has 1 aliphatic rings. The SMILES string of the molecule is O=C(O)N1CCCC(c2ccccc2)C1. The van der Waals surface area contributed by atoms with Crippen molar-refractivity contribution in [1.82, 2.24) is 4.90 Å². The lowest BCUT2D eigenvalue weighted by Crippen LogP contribution is -2.38. The Balaban J connectivity index is 2.08. The molecule has 0 bridgehead atoms. The maximum Gasteiger partial charge on any atom is 0.407 e. The molecule has 1 atom stereocenters. The number of hydrogen-bond donors (Lipinski definition) is 1. The molecular formula is C12H15NO2. The molecule has 1 aromatic carbocycles. The van der Waals surface area contributed by atoms with E-state index in [0.29, 0.717) is 19.0 Å². The summed E-state index contributed by atoms with van der Waals surface area (Å²) in [5.41, 5.74) is 1.25. The molecule has 1 aliphatic heterocycles. The summed E-state index contributed by atoms with van der Waals surface area (Å²) < 4.78 is 0. The van der Waals surface area contributed by atoms with Gasteiger partial charge in [0, 0.05) is 19.0 Å². The van der Waals surface area contributed by atoms with Crippen LogP contribution in [0.25, 0.3) is 0 Å². The van der Waals surface area contributed by atoms with Crippen molar-refractivity contribution in [3.8, 4) is 0 Å². The number of hydrogen-bond acceptors (Lipinski definition) is 1. The lowest BCUT2D eigenvalue weighted by Gasteiger charge is -2.30. The molecule has 0 spiro atoms. The molecule has 1 aromatic rings. The van der Waals surface area contributed by atoms with E-state index in [0.717, 1.165) is 12.8 Å². The lowest BCUT2D eigenvalue weighted by molar-refractivity contribution is 0.130. The van der Waals surface area contributed by atoms with Gasteiger partial charge in [0.1, 0.15) is 0 Å². The number of amides is 1. The second-order valence-corrected chi connectivity index (χ2v) is 3.98. The van der Waals surface area contributed by atoms with Crippen molar-refractivity contribution < 1.29 is 9.90 Å². The van der Waals surface area contributed by atoms with E-state index in [1.807, 2.05) is 18.2 Å². The summed E-state index contributed by atoms with van der Waals surface area (Å²) in [4.78, 5) is 12.4. The molecule has 1 amide bonds. The molecule has 80 valence electrons. The summed E-state index contributed by atoms with van der Waals surface area (Å²) in [6, 6.07) is 10.2. The first kappa shape index (κ1) is 10.0. The van der Waals surface area contributed by atoms with Gasteiger partial charge in [-0.1, -0.05) is 30.3 Å². The Morgan fingerprint density at radius 1 is 1.33 bits per heavy atom. The third-order valence-corrected chi connectivity index (χ3v) is 2.96. The maximum absolute atomic E-state index is 10.9. The van der Waals surface area contributed by atoms with Crippen LogP contribution in [0.5, 0.6) is 0 Å². The van der Waals surface area contributed by atoms with Gasteiger partial charge in [0.15, 0.2) is 0 Å². The minimum atomic E-state index is -0.796. The molecule has 0 aliphatic carbocycles. The molecule has 0 aromatic heterocycles. The standard InChI is InChI=1S/C12H15NO2/c14-12(15)13-8-4-7-11(9-13)10-5-2-1-3-6-10/h1-3,5-6,11H,4,7-9H2,(H,14,15). The Morgan fingerprint density at radius 2 is 2.07 bits per heavy atom. The van der Waals surface area contributed by atoms with Crippen LogP contribution in [0, 0.1) is 0 Å². The normalized spacial score (nSPS) is 21.3. The molecule has 2 rings (SSSR count). The van der Waals surface area contributed by atoms with Gasteiger partial charge in [-0.15, -0.1) is 0 Å². The molecule has 1 heterocycles. The van der Waals surface area contributed by atoms with Crippen molar-refractivity contribution in [3.63, 3.8) is 0 Å². The van der Waals surface area contributed by atoms with Crippen molar-refractivity contribution in [2.24, 2.45) is 0 Å². The second kappa shape index (κ2) is 4.34. The van der Waals surface area contributed by atoms with Crippen LogP contribution in [-0.4, -0.2) is 29.2 Å². The summed E-state index contributed by atoms with van der Waals surface area (Å²) in [5.74, 6) is 0.371. The number of nitrogens with zero attached hydrogens (tertiary/aromatic N) is 1. The molecule has 1 N–H and O–H groups in total. The van der Waals surface area contributed by atoms with Crippen molar-refractivity contribution in [2.45, 2.75) is 18.8 Å². The highest BCUT2D eigenvalue weighted by Gasteiger charge is 2.23. The Bertz CT molecular complexity index is 337. The largest absolute Gasteiger partial charge is 0.465 e. The average molecular weight is 205 g/mol. The van der Waals surface area contributed by atoms with Gasteiger partial charge >= 0.3 is 6.09 Å². The summed E-state index contributed by atoms with van der Waals surface area (Å²) in [7, 11) is 0. The zero-order valence-electron chi connectivity index (χ0n) is 8.60. The molecule has 15 heavy (non-hydrogen) atoms. The van der Waals surface area contributed by atoms with E-state index in [-0.39, 0.29) is 0 Å². The summed E-state index contributed by atoms with van der Waals surface area (Å²) in [6.45, 7) is 1.32. The van der Waals surface area contributed by atoms with E-state index in [9.17, 15) is 4.79 Å². The Morgan fingerprint density at radius 3 is 2.73 bits per heavy atom. The van der Waals surface area contributed by atoms with Gasteiger partial charge in [0.25, 0.3) is 0 Å². The predicted molar refractivity (Wildman–Crippen MR) is 58.0 cm³/mol. The van der Waals surface area contributed by atoms with Crippen LogP contribution >= 0.6 is 0 Å². The number of carbonyl (C=O) groups is 1. The highest BCUT2D eigenvalue weighted by Crippen LogP contribution is 2.26. The number of carboxylic acid groups (broad SMARTS) is 1. The monoisotopic (exact) mass is 205 g/mol. The first-order chi connectivity index (χ1) is 7.27. The van der Waals surface area contributed by atoms with E-state index in [4.69, 9.17) is 5.11 Å². The summed E-state index contributed by atoms with van der Waals surface area (Å²) in [5, 5.41) is 8.93. The van der Waals surface area contributed by atoms with Crippen LogP contribution in [0.1, 0.15) is 24.3 Å². The zero-order valence-corrected chi connectivity index (χ0v) is 8.60. The molecular weight excluding hydrogens is 190 g/mol. The first-order valence-electron chi connectivity index (χ1n) is 5.30. The topological polar surface area (TPSA) is 40.5 Å². The lowest BCUT2D eigenvalue weighted by atomic mass is 9.91. The van der Waals surface area contributed by atoms with Crippen LogP contribution in [0.2, 0.25) is 0 Å². The molecule has 1 fully saturated rings. The van der Waals surface area contributed by atoms with Crippen LogP contribution in [-0.2, 0) is 0 Å². The predicted octanol–water partition coefficient (Wildman–Crippen LogP) is 2.54. The van der Waals surface area contributed by atoms with E-state index in [1.165, 1.54) is 10.5 Å². The number of likely N-dealkylation sites (tertiary alicyclic amines) is 1. The maximum atomic E-state index is 10.9. The highest BCUT2D eigenvalue weighted by atomic mass is 16.4. The molecule has 3 nitrogen and oxygen atoms in total. The van der Waals surface area contributed by atoms with Gasteiger partial charge in [-0.05, 0) is 18.4 Å². The fraction of sp³-hybridized carbons (Fsp3) is 0.417. The number of benzene rings is 1. The van der Waals surface area contributed by atoms with Crippen LogP contribution in [0.4, 0.5) is 4.79 Å². The van der Waals surface area contributed by atoms with E-state index in [1.54, 1.807) is 0 Å². The number of piperidine rings is 1. The second-order valence-electron chi connectivity index (χ2n) is 3.98. The Hall–Kier alpha value is -1.51. The molecule has 1 unspecified atom stereocenters. The fourth-order valence-corrected chi connectivity index (χ4v) is 2.15. The van der Waals surface area contributed by atoms with Gasteiger partial charge in [0.2, 0.25) is 0 Å². The minimum Gasteiger partial charge on any atom is -0.465 e. The van der Waals surface area contributed by atoms with Crippen molar-refractivity contribution >= 4 is 6.09 Å². The smallest absolute Gasteiger partial charge is 0.407 e. The molecule has 0 radical (unpaired) electrons. The summed E-state index contributed by atoms with van der Waals surface area (Å²) in [6.07, 6.45) is 1.26. The van der Waals surface area contributed by atoms with E-state index >= 15 is 0 Å². The van der Waals surface area contributed by atoms with Gasteiger partial charge in [-0.3, -0.25) is 0 Å². The third-order valence-electron chi connectivity index (χ3n) is 2.96. The molecule has 1 saturated heterocycles. The molecule has 0 saturated carbocycles. The Kier molecular flexibility index (Phi) is 2.90. The zero-order chi connectivity index (χ0) is 10.7. The average Bonchev–Trinajstić information content (AvgIpc) is 2.30. The van der Waals surface area contributed by atoms with Gasteiger partial charge in [0.05, 0.1) is 0 Å². The summed E-state index contributed by atoms with van der Waals surface area (Å²) >= 11 is 0. The van der Waals surface area contributed by atoms with Crippen LogP contribution in [0.15, 0.2) is 30.3 Å². The number of rotatable bonds is 1. The fourth-order valence-electron chi connectivity index (χ4n) is 2.15. The molecule has 3 heteroatoms. The van der Waals surface area contributed by atoms with Crippen LogP contribution in [0.3, 0.4) is 0 Å².